The molecule has 1 atom stereocenters. The lowest BCUT2D eigenvalue weighted by molar-refractivity contribution is -0.126. The molecule has 0 aliphatic carbocycles. The van der Waals surface area contributed by atoms with E-state index in [4.69, 9.17) is 0 Å². The van der Waals surface area contributed by atoms with Gasteiger partial charge in [-0.25, -0.2) is 12.7 Å². The van der Waals surface area contributed by atoms with E-state index in [-0.39, 0.29) is 23.6 Å². The fourth-order valence-corrected chi connectivity index (χ4v) is 5.11. The molecule has 2 saturated heterocycles. The number of piperidine rings is 2. The zero-order valence-corrected chi connectivity index (χ0v) is 15.3. The van der Waals surface area contributed by atoms with Crippen molar-refractivity contribution in [2.75, 3.05) is 26.2 Å². The van der Waals surface area contributed by atoms with E-state index < -0.39 is 10.0 Å². The quantitative estimate of drug-likeness (QED) is 0.819. The second-order valence-corrected chi connectivity index (χ2v) is 8.94. The summed E-state index contributed by atoms with van der Waals surface area (Å²) in [5.41, 5.74) is 0.808. The maximum atomic E-state index is 12.6. The normalized spacial score (nSPS) is 23.3. The van der Waals surface area contributed by atoms with Crippen molar-refractivity contribution in [1.29, 1.82) is 0 Å². The van der Waals surface area contributed by atoms with Crippen LogP contribution in [-0.4, -0.2) is 50.9 Å². The summed E-state index contributed by atoms with van der Waals surface area (Å²) in [7, 11) is -3.30. The minimum Gasteiger partial charge on any atom is -0.353 e. The van der Waals surface area contributed by atoms with Gasteiger partial charge < -0.3 is 10.6 Å². The highest BCUT2D eigenvalue weighted by Crippen LogP contribution is 2.19. The molecule has 0 bridgehead atoms. The molecule has 2 aliphatic rings. The highest BCUT2D eigenvalue weighted by molar-refractivity contribution is 7.88. The molecular weight excluding hydrogens is 338 g/mol. The molecular formula is C18H27N3O3S. The molecule has 1 aromatic rings. The van der Waals surface area contributed by atoms with Crippen LogP contribution in [0.1, 0.15) is 31.2 Å². The largest absolute Gasteiger partial charge is 0.353 e. The Kier molecular flexibility index (Phi) is 6.09. The van der Waals surface area contributed by atoms with Gasteiger partial charge in [0.2, 0.25) is 15.9 Å². The summed E-state index contributed by atoms with van der Waals surface area (Å²) in [4.78, 5) is 12.3. The van der Waals surface area contributed by atoms with Gasteiger partial charge in [-0.05, 0) is 37.8 Å². The average molecular weight is 365 g/mol. The first-order valence-corrected chi connectivity index (χ1v) is 10.7. The lowest BCUT2D eigenvalue weighted by Crippen LogP contribution is -2.49. The summed E-state index contributed by atoms with van der Waals surface area (Å²) in [5, 5.41) is 6.36. The van der Waals surface area contributed by atoms with Crippen molar-refractivity contribution in [1.82, 2.24) is 14.9 Å². The second-order valence-electron chi connectivity index (χ2n) is 6.97. The first-order chi connectivity index (χ1) is 12.0. The second kappa shape index (κ2) is 8.29. The first-order valence-electron chi connectivity index (χ1n) is 9.07. The number of sulfonamides is 1. The van der Waals surface area contributed by atoms with Gasteiger partial charge >= 0.3 is 0 Å². The summed E-state index contributed by atoms with van der Waals surface area (Å²) in [6.07, 6.45) is 3.33. The van der Waals surface area contributed by atoms with Crippen molar-refractivity contribution in [2.45, 2.75) is 37.5 Å². The van der Waals surface area contributed by atoms with Crippen molar-refractivity contribution in [3.8, 4) is 0 Å². The molecule has 0 spiro atoms. The van der Waals surface area contributed by atoms with E-state index in [2.05, 4.69) is 10.6 Å². The fraction of sp³-hybridized carbons (Fsp3) is 0.611. The van der Waals surface area contributed by atoms with E-state index in [0.29, 0.717) is 25.9 Å². The van der Waals surface area contributed by atoms with Crippen LogP contribution in [0.5, 0.6) is 0 Å². The van der Waals surface area contributed by atoms with Crippen LogP contribution in [0.3, 0.4) is 0 Å². The monoisotopic (exact) mass is 365 g/mol. The summed E-state index contributed by atoms with van der Waals surface area (Å²) in [6.45, 7) is 2.68. The molecule has 7 heteroatoms. The zero-order chi connectivity index (χ0) is 17.7. The Morgan fingerprint density at radius 1 is 1.16 bits per heavy atom. The molecule has 1 amide bonds. The Morgan fingerprint density at radius 3 is 2.52 bits per heavy atom. The molecule has 0 aromatic heterocycles. The number of benzene rings is 1. The molecule has 0 radical (unpaired) electrons. The van der Waals surface area contributed by atoms with Gasteiger partial charge in [0.1, 0.15) is 0 Å². The summed E-state index contributed by atoms with van der Waals surface area (Å²) < 4.78 is 26.7. The highest BCUT2D eigenvalue weighted by Gasteiger charge is 2.30. The van der Waals surface area contributed by atoms with Crippen LogP contribution in [-0.2, 0) is 20.6 Å². The number of nitrogens with zero attached hydrogens (tertiary/aromatic N) is 1. The minimum atomic E-state index is -3.30. The van der Waals surface area contributed by atoms with Gasteiger partial charge in [-0.2, -0.15) is 0 Å². The van der Waals surface area contributed by atoms with E-state index in [9.17, 15) is 13.2 Å². The number of hydrogen-bond acceptors (Lipinski definition) is 4. The zero-order valence-electron chi connectivity index (χ0n) is 14.5. The predicted molar refractivity (Wildman–Crippen MR) is 97.4 cm³/mol. The molecule has 1 aromatic carbocycles. The molecule has 2 fully saturated rings. The van der Waals surface area contributed by atoms with Crippen molar-refractivity contribution in [3.63, 3.8) is 0 Å². The lowest BCUT2D eigenvalue weighted by Gasteiger charge is -2.33. The van der Waals surface area contributed by atoms with E-state index >= 15 is 0 Å². The fourth-order valence-electron chi connectivity index (χ4n) is 3.55. The van der Waals surface area contributed by atoms with Crippen molar-refractivity contribution in [2.24, 2.45) is 5.92 Å². The first kappa shape index (κ1) is 18.4. The summed E-state index contributed by atoms with van der Waals surface area (Å²) >= 11 is 0. The summed E-state index contributed by atoms with van der Waals surface area (Å²) in [5.74, 6) is 0.199. The third kappa shape index (κ3) is 5.03. The van der Waals surface area contributed by atoms with Gasteiger partial charge in [-0.1, -0.05) is 30.3 Å². The lowest BCUT2D eigenvalue weighted by atomic mass is 9.97. The van der Waals surface area contributed by atoms with Gasteiger partial charge in [0.05, 0.1) is 11.7 Å². The molecule has 0 saturated carbocycles. The van der Waals surface area contributed by atoms with Crippen LogP contribution in [0.15, 0.2) is 30.3 Å². The molecule has 1 unspecified atom stereocenters. The number of rotatable bonds is 5. The Labute approximate surface area is 150 Å². The van der Waals surface area contributed by atoms with Crippen LogP contribution in [0.2, 0.25) is 0 Å². The van der Waals surface area contributed by atoms with Crippen LogP contribution in [0.4, 0.5) is 0 Å². The van der Waals surface area contributed by atoms with Crippen LogP contribution < -0.4 is 10.6 Å². The van der Waals surface area contributed by atoms with Crippen molar-refractivity contribution < 1.29 is 13.2 Å². The molecule has 138 valence electrons. The maximum absolute atomic E-state index is 12.6. The van der Waals surface area contributed by atoms with E-state index in [0.717, 1.165) is 31.5 Å². The minimum absolute atomic E-state index is 0.0403. The van der Waals surface area contributed by atoms with Crippen LogP contribution in [0, 0.1) is 5.92 Å². The van der Waals surface area contributed by atoms with E-state index in [1.165, 1.54) is 0 Å². The van der Waals surface area contributed by atoms with Gasteiger partial charge in [0.15, 0.2) is 0 Å². The predicted octanol–water partition coefficient (Wildman–Crippen LogP) is 1.10. The Morgan fingerprint density at radius 2 is 1.88 bits per heavy atom. The van der Waals surface area contributed by atoms with Crippen molar-refractivity contribution >= 4 is 15.9 Å². The summed E-state index contributed by atoms with van der Waals surface area (Å²) in [6, 6.07) is 9.34. The Hall–Kier alpha value is -1.44. The Bertz CT molecular complexity index is 664. The number of carbonyl (C=O) groups is 1. The number of hydrogen-bond donors (Lipinski definition) is 2. The molecule has 6 nitrogen and oxygen atoms in total. The number of nitrogens with one attached hydrogen (secondary N) is 2. The number of amides is 1. The third-order valence-electron chi connectivity index (χ3n) is 5.05. The smallest absolute Gasteiger partial charge is 0.224 e. The van der Waals surface area contributed by atoms with Crippen molar-refractivity contribution in [3.05, 3.63) is 35.9 Å². The van der Waals surface area contributed by atoms with E-state index in [1.807, 2.05) is 30.3 Å². The molecule has 25 heavy (non-hydrogen) atoms. The topological polar surface area (TPSA) is 78.5 Å². The van der Waals surface area contributed by atoms with Crippen LogP contribution in [0.25, 0.3) is 0 Å². The average Bonchev–Trinajstić information content (AvgIpc) is 2.63. The molecule has 2 N–H and O–H groups in total. The standard InChI is InChI=1S/C18H27N3O3S/c22-18(16-7-4-10-19-13-16)20-17-8-11-21(12-9-17)25(23,24)14-15-5-2-1-3-6-15/h1-3,5-6,16-17,19H,4,7-14H2,(H,20,22). The molecule has 2 heterocycles. The van der Waals surface area contributed by atoms with Gasteiger partial charge in [0.25, 0.3) is 0 Å². The van der Waals surface area contributed by atoms with Gasteiger partial charge in [-0.3, -0.25) is 4.79 Å². The van der Waals surface area contributed by atoms with E-state index in [1.54, 1.807) is 4.31 Å². The van der Waals surface area contributed by atoms with Crippen LogP contribution >= 0.6 is 0 Å². The molecule has 3 rings (SSSR count). The van der Waals surface area contributed by atoms with Gasteiger partial charge in [-0.15, -0.1) is 0 Å². The third-order valence-corrected chi connectivity index (χ3v) is 6.90. The Balaban J connectivity index is 1.48. The molecule has 2 aliphatic heterocycles. The highest BCUT2D eigenvalue weighted by atomic mass is 32.2. The number of carbonyl (C=O) groups excluding carboxylic acids is 1. The SMILES string of the molecule is O=C(NC1CCN(S(=O)(=O)Cc2ccccc2)CC1)C1CCCNC1. The maximum Gasteiger partial charge on any atom is 0.224 e. The van der Waals surface area contributed by atoms with Gasteiger partial charge in [0, 0.05) is 25.7 Å².